The standard InChI is InChI=1S/C15H23N.2C13H19N.3CH4/c1-5-16-10-12-8-6-7-9-13(12)14(11-16)15(2,3)4;1-13(2,3)12-11-8-6-5-7-10(11)9-14(12)4;1-10(2)13-9-12-6-4-3-5-11(12)7-8-14-13;;;/h6-9,14H,5,10-11H2,1-4H3;5-8,12H,9H2,1-4H3;3-6,10,13-14H,7-9H2,1-2H3;3*1H4. The Morgan fingerprint density at radius 2 is 1.21 bits per heavy atom. The van der Waals surface area contributed by atoms with Crippen LogP contribution in [0.25, 0.3) is 0 Å². The van der Waals surface area contributed by atoms with Crippen molar-refractivity contribution in [3.05, 3.63) is 106 Å². The van der Waals surface area contributed by atoms with Crippen LogP contribution in [0.4, 0.5) is 0 Å². The summed E-state index contributed by atoms with van der Waals surface area (Å²) in [5.41, 5.74) is 9.85. The average molecular weight is 644 g/mol. The van der Waals surface area contributed by atoms with Crippen molar-refractivity contribution in [3.8, 4) is 0 Å². The fourth-order valence-corrected chi connectivity index (χ4v) is 7.50. The number of likely N-dealkylation sites (N-methyl/N-ethyl adjacent to an activating group) is 1. The predicted molar refractivity (Wildman–Crippen MR) is 210 cm³/mol. The molecule has 0 radical (unpaired) electrons. The van der Waals surface area contributed by atoms with Crippen LogP contribution in [0, 0.1) is 16.7 Å². The maximum Gasteiger partial charge on any atom is 0.0400 e. The third kappa shape index (κ3) is 11.0. The molecule has 47 heavy (non-hydrogen) atoms. The lowest BCUT2D eigenvalue weighted by molar-refractivity contribution is 0.142. The molecule has 0 saturated heterocycles. The van der Waals surface area contributed by atoms with Gasteiger partial charge in [-0.05, 0) is 83.1 Å². The van der Waals surface area contributed by atoms with E-state index >= 15 is 0 Å². The molecule has 3 atom stereocenters. The van der Waals surface area contributed by atoms with Crippen molar-refractivity contribution in [2.45, 2.75) is 129 Å². The topological polar surface area (TPSA) is 18.5 Å². The molecule has 0 amide bonds. The molecule has 3 heterocycles. The SMILES string of the molecule is C.C.C.CC(C)C1Cc2ccccc2CCN1.CCN1Cc2ccccc2C(C(C)(C)C)C1.CN1Cc2ccccc2C1C(C)(C)C. The molecule has 3 aromatic rings. The zero-order valence-corrected chi connectivity index (χ0v) is 29.6. The van der Waals surface area contributed by atoms with Crippen LogP contribution >= 0.6 is 0 Å². The van der Waals surface area contributed by atoms with Crippen molar-refractivity contribution in [2.24, 2.45) is 16.7 Å². The second-order valence-corrected chi connectivity index (χ2v) is 15.9. The highest BCUT2D eigenvalue weighted by molar-refractivity contribution is 5.35. The van der Waals surface area contributed by atoms with Gasteiger partial charge in [0, 0.05) is 37.6 Å². The molecule has 0 aliphatic carbocycles. The molecule has 1 N–H and O–H groups in total. The Kier molecular flexibility index (Phi) is 16.6. The van der Waals surface area contributed by atoms with E-state index in [1.165, 1.54) is 47.2 Å². The Hall–Kier alpha value is -2.46. The number of fused-ring (bicyclic) bond motifs is 3. The molecule has 0 fully saturated rings. The third-order valence-corrected chi connectivity index (χ3v) is 9.95. The molecule has 3 aliphatic rings. The van der Waals surface area contributed by atoms with Crippen LogP contribution in [-0.4, -0.2) is 42.5 Å². The van der Waals surface area contributed by atoms with E-state index in [1.54, 1.807) is 5.56 Å². The lowest BCUT2D eigenvalue weighted by Gasteiger charge is -2.40. The molecular formula is C44H73N3. The molecule has 6 rings (SSSR count). The van der Waals surface area contributed by atoms with Crippen LogP contribution in [0.2, 0.25) is 0 Å². The largest absolute Gasteiger partial charge is 0.313 e. The Labute approximate surface area is 292 Å². The molecular weight excluding hydrogens is 571 g/mol. The number of nitrogens with one attached hydrogen (secondary N) is 1. The number of nitrogens with zero attached hydrogens (tertiary/aromatic N) is 2. The number of hydrogen-bond donors (Lipinski definition) is 1. The summed E-state index contributed by atoms with van der Waals surface area (Å²) in [6.07, 6.45) is 2.37. The minimum atomic E-state index is 0. The van der Waals surface area contributed by atoms with Gasteiger partial charge >= 0.3 is 0 Å². The molecule has 0 saturated carbocycles. The van der Waals surface area contributed by atoms with E-state index in [-0.39, 0.29) is 22.3 Å². The van der Waals surface area contributed by atoms with Crippen LogP contribution in [0.15, 0.2) is 72.8 Å². The second kappa shape index (κ2) is 18.3. The van der Waals surface area contributed by atoms with Gasteiger partial charge in [-0.25, -0.2) is 0 Å². The van der Waals surface area contributed by atoms with Crippen LogP contribution in [0.3, 0.4) is 0 Å². The summed E-state index contributed by atoms with van der Waals surface area (Å²) in [6.45, 7) is 26.6. The maximum absolute atomic E-state index is 3.63. The van der Waals surface area contributed by atoms with E-state index in [1.807, 2.05) is 0 Å². The summed E-state index contributed by atoms with van der Waals surface area (Å²) < 4.78 is 0. The van der Waals surface area contributed by atoms with Crippen molar-refractivity contribution >= 4 is 0 Å². The van der Waals surface area contributed by atoms with Gasteiger partial charge in [0.1, 0.15) is 0 Å². The van der Waals surface area contributed by atoms with E-state index in [0.717, 1.165) is 32.1 Å². The summed E-state index contributed by atoms with van der Waals surface area (Å²) in [7, 11) is 2.22. The van der Waals surface area contributed by atoms with Gasteiger partial charge in [-0.3, -0.25) is 9.80 Å². The molecule has 3 aromatic carbocycles. The molecule has 0 spiro atoms. The van der Waals surface area contributed by atoms with E-state index < -0.39 is 0 Å². The smallest absolute Gasteiger partial charge is 0.0400 e. The number of rotatable bonds is 2. The first-order chi connectivity index (χ1) is 20.8. The van der Waals surface area contributed by atoms with Crippen LogP contribution < -0.4 is 5.32 Å². The molecule has 0 bridgehead atoms. The summed E-state index contributed by atoms with van der Waals surface area (Å²) >= 11 is 0. The normalized spacial score (nSPS) is 20.6. The summed E-state index contributed by atoms with van der Waals surface area (Å²) in [6, 6.07) is 27.8. The van der Waals surface area contributed by atoms with Gasteiger partial charge in [-0.2, -0.15) is 0 Å². The van der Waals surface area contributed by atoms with E-state index in [9.17, 15) is 0 Å². The molecule has 3 heteroatoms. The predicted octanol–water partition coefficient (Wildman–Crippen LogP) is 11.2. The lowest BCUT2D eigenvalue weighted by atomic mass is 9.73. The Morgan fingerprint density at radius 1 is 0.702 bits per heavy atom. The Balaban J connectivity index is 0.000000343. The van der Waals surface area contributed by atoms with E-state index in [0.29, 0.717) is 28.8 Å². The van der Waals surface area contributed by atoms with Crippen molar-refractivity contribution < 1.29 is 0 Å². The van der Waals surface area contributed by atoms with Crippen molar-refractivity contribution in [1.29, 1.82) is 0 Å². The lowest BCUT2D eigenvalue weighted by Crippen LogP contribution is -2.38. The molecule has 3 unspecified atom stereocenters. The third-order valence-electron chi connectivity index (χ3n) is 9.95. The minimum absolute atomic E-state index is 0. The van der Waals surface area contributed by atoms with Gasteiger partial charge in [-0.1, -0.05) is 157 Å². The molecule has 3 aliphatic heterocycles. The first kappa shape index (κ1) is 42.6. The van der Waals surface area contributed by atoms with Gasteiger partial charge < -0.3 is 5.32 Å². The molecule has 0 aromatic heterocycles. The quantitative estimate of drug-likeness (QED) is 0.300. The Morgan fingerprint density at radius 3 is 1.74 bits per heavy atom. The average Bonchev–Trinajstić information content (AvgIpc) is 3.17. The van der Waals surface area contributed by atoms with E-state index in [4.69, 9.17) is 0 Å². The highest BCUT2D eigenvalue weighted by Crippen LogP contribution is 2.44. The monoisotopic (exact) mass is 644 g/mol. The Bertz CT molecular complexity index is 1330. The van der Waals surface area contributed by atoms with Gasteiger partial charge in [0.2, 0.25) is 0 Å². The van der Waals surface area contributed by atoms with Gasteiger partial charge in [0.15, 0.2) is 0 Å². The maximum atomic E-state index is 3.63. The second-order valence-electron chi connectivity index (χ2n) is 15.9. The minimum Gasteiger partial charge on any atom is -0.313 e. The van der Waals surface area contributed by atoms with Crippen LogP contribution in [-0.2, 0) is 25.9 Å². The first-order valence-electron chi connectivity index (χ1n) is 17.2. The van der Waals surface area contributed by atoms with Crippen molar-refractivity contribution in [1.82, 2.24) is 15.1 Å². The fourth-order valence-electron chi connectivity index (χ4n) is 7.50. The van der Waals surface area contributed by atoms with Crippen molar-refractivity contribution in [2.75, 3.05) is 26.7 Å². The highest BCUT2D eigenvalue weighted by Gasteiger charge is 2.36. The first-order valence-corrected chi connectivity index (χ1v) is 17.2. The highest BCUT2D eigenvalue weighted by atomic mass is 15.2. The van der Waals surface area contributed by atoms with Gasteiger partial charge in [-0.15, -0.1) is 0 Å². The van der Waals surface area contributed by atoms with Gasteiger partial charge in [0.05, 0.1) is 0 Å². The van der Waals surface area contributed by atoms with Gasteiger partial charge in [0.25, 0.3) is 0 Å². The summed E-state index contributed by atoms with van der Waals surface area (Å²) in [5, 5.41) is 3.63. The van der Waals surface area contributed by atoms with Crippen LogP contribution in [0.1, 0.15) is 130 Å². The molecule has 3 nitrogen and oxygen atoms in total. The number of hydrogen-bond acceptors (Lipinski definition) is 3. The fraction of sp³-hybridized carbons (Fsp3) is 0.591. The summed E-state index contributed by atoms with van der Waals surface area (Å²) in [4.78, 5) is 5.00. The van der Waals surface area contributed by atoms with Crippen molar-refractivity contribution in [3.63, 3.8) is 0 Å². The van der Waals surface area contributed by atoms with Crippen LogP contribution in [0.5, 0.6) is 0 Å². The van der Waals surface area contributed by atoms with E-state index in [2.05, 4.69) is 157 Å². The zero-order valence-electron chi connectivity index (χ0n) is 29.6. The summed E-state index contributed by atoms with van der Waals surface area (Å²) in [5.74, 6) is 1.39. The number of benzene rings is 3. The molecule has 264 valence electrons. The zero-order chi connectivity index (χ0) is 32.1.